The molecule has 166 valence electrons. The Morgan fingerprint density at radius 2 is 1.85 bits per heavy atom. The largest absolute Gasteiger partial charge is 0.468 e. The van der Waals surface area contributed by atoms with Crippen LogP contribution in [0.2, 0.25) is 0 Å². The number of aryl methyl sites for hydroxylation is 1. The van der Waals surface area contributed by atoms with Gasteiger partial charge in [-0.25, -0.2) is 4.39 Å². The summed E-state index contributed by atoms with van der Waals surface area (Å²) in [4.78, 5) is 21.7. The van der Waals surface area contributed by atoms with Gasteiger partial charge < -0.3 is 18.5 Å². The number of hydrogen-bond donors (Lipinski definition) is 0. The van der Waals surface area contributed by atoms with Gasteiger partial charge in [-0.3, -0.25) is 9.59 Å². The molecule has 1 aliphatic heterocycles. The Hall–Kier alpha value is -4.20. The standard InChI is InChI=1S/C22H11F2NO3.C3H6O2/c1-10-9-25-15-8-17-12(11-4-2-3-5-16(11)27-17)7-18(15)28-22-19(24)14(23)6-13(20(22)25)21(10)26;1-2-5-3-4/h2-9H,1H3;3H,2H2,1H3. The van der Waals surface area contributed by atoms with E-state index in [-0.39, 0.29) is 22.1 Å². The van der Waals surface area contributed by atoms with Gasteiger partial charge in [0.05, 0.1) is 17.7 Å². The van der Waals surface area contributed by atoms with Crippen LogP contribution in [0.15, 0.2) is 57.9 Å². The number of benzene rings is 3. The number of halogens is 2. The number of pyridine rings is 1. The minimum absolute atomic E-state index is 0.0734. The van der Waals surface area contributed by atoms with Gasteiger partial charge >= 0.3 is 0 Å². The van der Waals surface area contributed by atoms with Crippen LogP contribution in [0, 0.1) is 18.6 Å². The summed E-state index contributed by atoms with van der Waals surface area (Å²) < 4.78 is 46.2. The molecule has 0 radical (unpaired) electrons. The molecule has 0 fully saturated rings. The Morgan fingerprint density at radius 1 is 1.06 bits per heavy atom. The van der Waals surface area contributed by atoms with Gasteiger partial charge in [-0.1, -0.05) is 18.2 Å². The Morgan fingerprint density at radius 3 is 2.58 bits per heavy atom. The van der Waals surface area contributed by atoms with Gasteiger partial charge in [0.1, 0.15) is 16.7 Å². The maximum Gasteiger partial charge on any atom is 0.293 e. The number of carbonyl (C=O) groups excluding carboxylic acids is 1. The Labute approximate surface area is 185 Å². The van der Waals surface area contributed by atoms with Gasteiger partial charge in [-0.15, -0.1) is 0 Å². The van der Waals surface area contributed by atoms with E-state index < -0.39 is 11.6 Å². The third-order valence-corrected chi connectivity index (χ3v) is 5.48. The highest BCUT2D eigenvalue weighted by Gasteiger charge is 2.27. The molecule has 0 N–H and O–H groups in total. The fourth-order valence-corrected chi connectivity index (χ4v) is 4.01. The van der Waals surface area contributed by atoms with E-state index >= 15 is 0 Å². The smallest absolute Gasteiger partial charge is 0.293 e. The summed E-state index contributed by atoms with van der Waals surface area (Å²) in [7, 11) is 0. The van der Waals surface area contributed by atoms with E-state index in [1.54, 1.807) is 36.7 Å². The fourth-order valence-electron chi connectivity index (χ4n) is 4.01. The van der Waals surface area contributed by atoms with Crippen molar-refractivity contribution in [1.82, 2.24) is 4.57 Å². The lowest BCUT2D eigenvalue weighted by Crippen LogP contribution is -2.16. The average molecular weight is 449 g/mol. The van der Waals surface area contributed by atoms with Crippen molar-refractivity contribution >= 4 is 39.3 Å². The third-order valence-electron chi connectivity index (χ3n) is 5.48. The van der Waals surface area contributed by atoms with Crippen LogP contribution in [0.5, 0.6) is 11.5 Å². The quantitative estimate of drug-likeness (QED) is 0.314. The molecule has 2 aromatic heterocycles. The zero-order chi connectivity index (χ0) is 23.3. The minimum Gasteiger partial charge on any atom is -0.468 e. The summed E-state index contributed by atoms with van der Waals surface area (Å²) >= 11 is 0. The topological polar surface area (TPSA) is 70.7 Å². The van der Waals surface area contributed by atoms with Crippen LogP contribution in [0.1, 0.15) is 12.5 Å². The number of nitrogens with zero attached hydrogens (tertiary/aromatic N) is 1. The lowest BCUT2D eigenvalue weighted by Gasteiger charge is -2.24. The van der Waals surface area contributed by atoms with Crippen LogP contribution in [0.25, 0.3) is 38.5 Å². The predicted molar refractivity (Wildman–Crippen MR) is 119 cm³/mol. The van der Waals surface area contributed by atoms with Crippen molar-refractivity contribution in [2.24, 2.45) is 0 Å². The van der Waals surface area contributed by atoms with E-state index in [1.165, 1.54) is 0 Å². The first-order valence-electron chi connectivity index (χ1n) is 10.2. The maximum atomic E-state index is 14.5. The van der Waals surface area contributed by atoms with Crippen LogP contribution in [-0.2, 0) is 9.53 Å². The van der Waals surface area contributed by atoms with Crippen molar-refractivity contribution in [2.45, 2.75) is 13.8 Å². The van der Waals surface area contributed by atoms with Gasteiger partial charge in [0.25, 0.3) is 6.47 Å². The molecule has 8 heteroatoms. The fraction of sp³-hybridized carbons (Fsp3) is 0.120. The number of rotatable bonds is 2. The molecule has 0 saturated heterocycles. The second-order valence-electron chi connectivity index (χ2n) is 7.48. The Bertz CT molecular complexity index is 1630. The van der Waals surface area contributed by atoms with Crippen LogP contribution in [-0.4, -0.2) is 17.6 Å². The number of furan rings is 1. The van der Waals surface area contributed by atoms with Gasteiger partial charge in [-0.05, 0) is 32.0 Å². The summed E-state index contributed by atoms with van der Waals surface area (Å²) in [5.41, 5.74) is 2.22. The first-order valence-corrected chi connectivity index (χ1v) is 10.2. The third kappa shape index (κ3) is 3.14. The summed E-state index contributed by atoms with van der Waals surface area (Å²) in [5, 5.41) is 1.78. The SMILES string of the molecule is CCOC=O.Cc1cn2c3c(c(F)c(F)cc3c1=O)Oc1cc3c(cc1-2)oc1ccccc13. The molecule has 0 amide bonds. The Balaban J connectivity index is 0.000000416. The van der Waals surface area contributed by atoms with Gasteiger partial charge in [0.2, 0.25) is 5.82 Å². The van der Waals surface area contributed by atoms with Crippen molar-refractivity contribution in [3.05, 3.63) is 76.1 Å². The molecular weight excluding hydrogens is 432 g/mol. The van der Waals surface area contributed by atoms with E-state index in [1.807, 2.05) is 24.3 Å². The van der Waals surface area contributed by atoms with Crippen molar-refractivity contribution in [1.29, 1.82) is 0 Å². The minimum atomic E-state index is -1.12. The van der Waals surface area contributed by atoms with E-state index in [0.29, 0.717) is 35.7 Å². The first-order chi connectivity index (χ1) is 15.9. The van der Waals surface area contributed by atoms with Crippen LogP contribution >= 0.6 is 0 Å². The molecule has 3 aromatic carbocycles. The molecule has 33 heavy (non-hydrogen) atoms. The molecule has 0 bridgehead atoms. The predicted octanol–water partition coefficient (Wildman–Crippen LogP) is 5.76. The summed E-state index contributed by atoms with van der Waals surface area (Å²) in [5.74, 6) is -2.16. The molecule has 0 aliphatic carbocycles. The summed E-state index contributed by atoms with van der Waals surface area (Å²) in [6.45, 7) is 4.30. The zero-order valence-corrected chi connectivity index (χ0v) is 17.6. The van der Waals surface area contributed by atoms with Crippen molar-refractivity contribution in [3.8, 4) is 17.2 Å². The summed E-state index contributed by atoms with van der Waals surface area (Å²) in [6.07, 6.45) is 1.61. The van der Waals surface area contributed by atoms with Gasteiger partial charge in [0, 0.05) is 28.6 Å². The van der Waals surface area contributed by atoms with Crippen LogP contribution < -0.4 is 10.2 Å². The lowest BCUT2D eigenvalue weighted by molar-refractivity contribution is -0.128. The van der Waals surface area contributed by atoms with Crippen LogP contribution in [0.4, 0.5) is 8.78 Å². The molecule has 5 aromatic rings. The highest BCUT2D eigenvalue weighted by atomic mass is 19.2. The number of para-hydroxylation sites is 1. The maximum absolute atomic E-state index is 14.5. The van der Waals surface area contributed by atoms with E-state index in [4.69, 9.17) is 9.15 Å². The molecule has 6 nitrogen and oxygen atoms in total. The molecule has 0 spiro atoms. The molecule has 0 atom stereocenters. The van der Waals surface area contributed by atoms with Gasteiger partial charge in [0.15, 0.2) is 22.7 Å². The number of ether oxygens (including phenoxy) is 2. The second-order valence-corrected chi connectivity index (χ2v) is 7.48. The highest BCUT2D eigenvalue weighted by molar-refractivity contribution is 6.06. The van der Waals surface area contributed by atoms with E-state index in [0.717, 1.165) is 22.4 Å². The molecule has 0 saturated carbocycles. The number of carbonyl (C=O) groups is 1. The lowest BCUT2D eigenvalue weighted by atomic mass is 10.1. The molecular formula is C25H17F2NO5. The number of hydrogen-bond acceptors (Lipinski definition) is 5. The van der Waals surface area contributed by atoms with Crippen molar-refractivity contribution in [2.75, 3.05) is 6.61 Å². The second kappa shape index (κ2) is 7.74. The normalized spacial score (nSPS) is 11.6. The molecule has 6 rings (SSSR count). The van der Waals surface area contributed by atoms with E-state index in [9.17, 15) is 18.4 Å². The van der Waals surface area contributed by atoms with Crippen molar-refractivity contribution in [3.63, 3.8) is 0 Å². The highest BCUT2D eigenvalue weighted by Crippen LogP contribution is 2.44. The van der Waals surface area contributed by atoms with Crippen LogP contribution in [0.3, 0.4) is 0 Å². The van der Waals surface area contributed by atoms with Gasteiger partial charge in [-0.2, -0.15) is 4.39 Å². The number of fused-ring (bicyclic) bond motifs is 5. The zero-order valence-electron chi connectivity index (χ0n) is 17.6. The summed E-state index contributed by atoms with van der Waals surface area (Å²) in [6, 6.07) is 12.0. The average Bonchev–Trinajstić information content (AvgIpc) is 3.17. The number of aromatic nitrogens is 1. The molecule has 0 unspecified atom stereocenters. The van der Waals surface area contributed by atoms with Crippen molar-refractivity contribution < 1.29 is 27.5 Å². The van der Waals surface area contributed by atoms with E-state index in [2.05, 4.69) is 4.74 Å². The first kappa shape index (κ1) is 20.7. The Kier molecular flexibility index (Phi) is 4.85. The molecule has 3 heterocycles. The monoisotopic (exact) mass is 449 g/mol. The molecule has 1 aliphatic rings.